The summed E-state index contributed by atoms with van der Waals surface area (Å²) in [6.07, 6.45) is -49.9. The van der Waals surface area contributed by atoms with Crippen LogP contribution in [0.2, 0.25) is 0 Å². The Kier molecular flexibility index (Phi) is 30.4. The van der Waals surface area contributed by atoms with Crippen molar-refractivity contribution in [1.29, 1.82) is 0 Å². The van der Waals surface area contributed by atoms with Crippen LogP contribution >= 0.6 is 27.3 Å². The van der Waals surface area contributed by atoms with E-state index in [1.54, 1.807) is 0 Å². The Labute approximate surface area is 624 Å². The Hall–Kier alpha value is -4.81. The molecular formula is C58H44Cl2F51N2PRu. The van der Waals surface area contributed by atoms with Gasteiger partial charge in [-0.25, -0.2) is 0 Å². The Morgan fingerprint density at radius 2 is 0.478 bits per heavy atom. The van der Waals surface area contributed by atoms with Crippen LogP contribution in [0.15, 0.2) is 54.6 Å². The molecule has 0 aromatic heterocycles. The number of hydrogen-bond donors (Lipinski definition) is 0. The fourth-order valence-corrected chi connectivity index (χ4v) is 14.2. The predicted molar refractivity (Wildman–Crippen MR) is 300 cm³/mol. The van der Waals surface area contributed by atoms with E-state index >= 15 is 0 Å². The van der Waals surface area contributed by atoms with E-state index in [2.05, 4.69) is 82.3 Å². The van der Waals surface area contributed by atoms with Crippen LogP contribution in [0.1, 0.15) is 58.2 Å². The summed E-state index contributed by atoms with van der Waals surface area (Å²) in [5, 5.41) is 0. The number of hydrogen-bond acceptors (Lipinski definition) is 2. The first kappa shape index (κ1) is 106. The molecule has 3 aromatic carbocycles. The zero-order valence-corrected chi connectivity index (χ0v) is 60.3. The maximum absolute atomic E-state index is 14.6. The molecule has 1 heterocycles. The first-order valence-corrected chi connectivity index (χ1v) is 36.8. The number of nitrogens with zero attached hydrogens (tertiary/aromatic N) is 2. The summed E-state index contributed by atoms with van der Waals surface area (Å²) >= 11 is -1.61. The minimum absolute atomic E-state index is 0.984. The van der Waals surface area contributed by atoms with Crippen LogP contribution in [0.3, 0.4) is 0 Å². The summed E-state index contributed by atoms with van der Waals surface area (Å²) < 4.78 is 698. The van der Waals surface area contributed by atoms with Gasteiger partial charge >= 0.3 is 216 Å². The normalized spacial score (nSPS) is 16.1. The van der Waals surface area contributed by atoms with Crippen molar-refractivity contribution in [1.82, 2.24) is 0 Å². The van der Waals surface area contributed by atoms with Crippen molar-refractivity contribution in [2.24, 2.45) is 0 Å². The summed E-state index contributed by atoms with van der Waals surface area (Å²) in [5.41, 5.74) is 11.7. The molecule has 3 aromatic rings. The monoisotopic (exact) mass is 1940 g/mol. The summed E-state index contributed by atoms with van der Waals surface area (Å²) in [6.45, 7) is 18.7. The van der Waals surface area contributed by atoms with Gasteiger partial charge in [0, 0.05) is 43.7 Å². The minimum atomic E-state index is -9.63. The molecular weight excluding hydrogens is 1900 g/mol. The third-order valence-corrected chi connectivity index (χ3v) is 20.6. The zero-order valence-electron chi connectivity index (χ0n) is 56.2. The van der Waals surface area contributed by atoms with Crippen molar-refractivity contribution >= 4 is 43.3 Å². The van der Waals surface area contributed by atoms with Crippen LogP contribution in [-0.4, -0.2) is 179 Å². The first-order chi connectivity index (χ1) is 50.2. The van der Waals surface area contributed by atoms with Crippen molar-refractivity contribution in [3.05, 3.63) is 100 Å². The van der Waals surface area contributed by atoms with Crippen molar-refractivity contribution in [3.8, 4) is 0 Å². The standard InChI is InChI=1S/C30H12F51P.C21H26N2.C7H6.2ClH.Ru/c31-7(32,10(37,38)13(43,44)16(49,50)19(55,56)22(61,62)25(67,68)28(73,74)75)1-4-82(5-2-8(33,34)11(39,40)14(45,46)17(51,52)20(57,58)23(63,64)26(69,70)29(76,77)78)6-3-9(35,36)12(41,42)15(47,48)18(53,54)21(59,60)24(65,66)27(71,72)30(79,80)81;1-14-9-16(3)20(17(4)10-14)22-7-8-23(13-22)21-18(5)11-15(2)12-19(21)6;1-7-5-3-2-4-6-7;;;/h1-6H2;9-12H,7-8H2,1-6H3;1-6H;2*1H;/q;;;;;+2/p-2. The SMILES string of the molecule is Cc1cc(C)c(N2[C]N(c3c(C)cc(C)cc3C)CC2)c(C)c1.FC(F)(F)C(F)(F)C(F)(F)C(F)(F)C(F)(F)C(F)(F)C(F)(F)C(F)(F)CCP(CCC(F)(F)C(F)(F)C(F)(F)C(F)(F)C(F)(F)C(F)(F)C(F)(F)C(F)(F)F)CCC(F)(F)C(F)(F)C(F)(F)C(F)(F)C(F)(F)C(F)(F)C(F)(F)C(F)(F)F.[Cl][Ru]([Cl])=[CH]c1ccccc1. The van der Waals surface area contributed by atoms with Crippen LogP contribution in [-0.2, 0) is 13.5 Å². The quantitative estimate of drug-likeness (QED) is 0.0373. The van der Waals surface area contributed by atoms with Gasteiger partial charge in [-0.15, -0.1) is 7.92 Å². The zero-order chi connectivity index (χ0) is 91.9. The second-order valence-corrected chi connectivity index (χ2v) is 33.1. The van der Waals surface area contributed by atoms with Crippen LogP contribution in [0.4, 0.5) is 235 Å². The molecule has 1 aliphatic heterocycles. The average Bonchev–Trinajstić information content (AvgIpc) is 0.936. The van der Waals surface area contributed by atoms with Crippen molar-refractivity contribution in [2.45, 2.75) is 204 Å². The second kappa shape index (κ2) is 32.9. The Bertz CT molecular complexity index is 3490. The van der Waals surface area contributed by atoms with Crippen molar-refractivity contribution in [3.63, 3.8) is 0 Å². The molecule has 0 bridgehead atoms. The van der Waals surface area contributed by atoms with Crippen LogP contribution in [0.25, 0.3) is 0 Å². The molecule has 1 aliphatic rings. The van der Waals surface area contributed by atoms with Gasteiger partial charge in [0.2, 0.25) is 6.67 Å². The molecule has 2 nitrogen and oxygen atoms in total. The molecule has 0 unspecified atom stereocenters. The van der Waals surface area contributed by atoms with Gasteiger partial charge in [0.05, 0.1) is 0 Å². The maximum atomic E-state index is 14.6. The molecule has 0 amide bonds. The van der Waals surface area contributed by atoms with Gasteiger partial charge in [0.15, 0.2) is 0 Å². The van der Waals surface area contributed by atoms with E-state index in [4.69, 9.17) is 19.4 Å². The molecule has 0 atom stereocenters. The summed E-state index contributed by atoms with van der Waals surface area (Å²) in [5.74, 6) is -193. The van der Waals surface area contributed by atoms with Crippen molar-refractivity contribution < 1.29 is 237 Å². The molecule has 1 fully saturated rings. The molecule has 57 heteroatoms. The van der Waals surface area contributed by atoms with Gasteiger partial charge in [-0.2, -0.15) is 224 Å². The van der Waals surface area contributed by atoms with Crippen LogP contribution in [0, 0.1) is 48.2 Å². The van der Waals surface area contributed by atoms with Gasteiger partial charge in [0.1, 0.15) is 0 Å². The molecule has 2 radical (unpaired) electrons. The number of halogens is 53. The third kappa shape index (κ3) is 18.1. The van der Waals surface area contributed by atoms with E-state index in [0.29, 0.717) is 0 Å². The molecule has 0 spiro atoms. The van der Waals surface area contributed by atoms with Gasteiger partial charge < -0.3 is 9.80 Å². The van der Waals surface area contributed by atoms with E-state index in [1.165, 1.54) is 44.8 Å². The fourth-order valence-electron chi connectivity index (χ4n) is 9.87. The Morgan fingerprint density at radius 3 is 0.661 bits per heavy atom. The second-order valence-electron chi connectivity index (χ2n) is 24.7. The topological polar surface area (TPSA) is 6.48 Å². The Morgan fingerprint density at radius 1 is 0.296 bits per heavy atom. The van der Waals surface area contributed by atoms with Crippen LogP contribution in [0.5, 0.6) is 0 Å². The average molecular weight is 1940 g/mol. The number of aryl methyl sites for hydroxylation is 6. The third-order valence-electron chi connectivity index (χ3n) is 16.2. The first-order valence-electron chi connectivity index (χ1n) is 29.4. The van der Waals surface area contributed by atoms with Gasteiger partial charge in [-0.1, -0.05) is 35.4 Å². The van der Waals surface area contributed by atoms with E-state index < -0.39 is 202 Å². The molecule has 0 aliphatic carbocycles. The van der Waals surface area contributed by atoms with Gasteiger partial charge in [-0.3, -0.25) is 0 Å². The molecule has 1 saturated heterocycles. The van der Waals surface area contributed by atoms with Gasteiger partial charge in [0.25, 0.3) is 0 Å². The number of benzene rings is 3. The predicted octanol–water partition coefficient (Wildman–Crippen LogP) is 26.3. The Balaban J connectivity index is 0.00000109. The van der Waals surface area contributed by atoms with Gasteiger partial charge in [-0.05, 0) is 82.3 Å². The number of anilines is 2. The van der Waals surface area contributed by atoms with Crippen LogP contribution < -0.4 is 9.80 Å². The van der Waals surface area contributed by atoms with Crippen molar-refractivity contribution in [2.75, 3.05) is 41.4 Å². The molecule has 4 rings (SSSR count). The molecule has 670 valence electrons. The molecule has 0 saturated carbocycles. The van der Waals surface area contributed by atoms with E-state index in [0.717, 1.165) is 18.7 Å². The summed E-state index contributed by atoms with van der Waals surface area (Å²) in [4.78, 5) is 4.56. The van der Waals surface area contributed by atoms with E-state index in [9.17, 15) is 224 Å². The summed E-state index contributed by atoms with van der Waals surface area (Å²) in [6, 6.07) is 18.9. The fraction of sp³-hybridized carbons (Fsp3) is 0.655. The number of rotatable bonds is 30. The number of alkyl halides is 51. The molecule has 0 N–H and O–H groups in total. The summed E-state index contributed by atoms with van der Waals surface area (Å²) in [7, 11) is 5.82. The molecule has 115 heavy (non-hydrogen) atoms. The van der Waals surface area contributed by atoms with E-state index in [-0.39, 0.29) is 0 Å². The van der Waals surface area contributed by atoms with E-state index in [1.807, 2.05) is 34.9 Å².